The van der Waals surface area contributed by atoms with E-state index >= 15 is 0 Å². The number of likely N-dealkylation sites (tertiary alicyclic amines) is 1. The van der Waals surface area contributed by atoms with Crippen molar-refractivity contribution < 1.29 is 9.59 Å². The minimum Gasteiger partial charge on any atom is -0.342 e. The lowest BCUT2D eigenvalue weighted by atomic mass is 10.1. The molecule has 2 aromatic carbocycles. The van der Waals surface area contributed by atoms with Crippen LogP contribution >= 0.6 is 0 Å². The first-order valence-electron chi connectivity index (χ1n) is 11.2. The fourth-order valence-corrected chi connectivity index (χ4v) is 4.33. The Bertz CT molecular complexity index is 893. The highest BCUT2D eigenvalue weighted by Crippen LogP contribution is 2.21. The number of hydrogen-bond acceptors (Lipinski definition) is 4. The van der Waals surface area contributed by atoms with E-state index in [9.17, 15) is 9.59 Å². The Morgan fingerprint density at radius 1 is 1.00 bits per heavy atom. The van der Waals surface area contributed by atoms with Gasteiger partial charge in [-0.2, -0.15) is 0 Å². The maximum Gasteiger partial charge on any atom is 0.229 e. The summed E-state index contributed by atoms with van der Waals surface area (Å²) in [6, 6.07) is 18.2. The van der Waals surface area contributed by atoms with Crippen LogP contribution in [-0.2, 0) is 22.6 Å². The summed E-state index contributed by atoms with van der Waals surface area (Å²) in [5.41, 5.74) is 3.22. The van der Waals surface area contributed by atoms with Crippen LogP contribution in [0.1, 0.15) is 17.5 Å². The summed E-state index contributed by atoms with van der Waals surface area (Å²) in [4.78, 5) is 31.8. The van der Waals surface area contributed by atoms with E-state index in [-0.39, 0.29) is 17.7 Å². The zero-order chi connectivity index (χ0) is 21.6. The quantitative estimate of drug-likeness (QED) is 0.748. The number of piperazine rings is 1. The minimum absolute atomic E-state index is 0.0627. The van der Waals surface area contributed by atoms with Crippen LogP contribution in [-0.4, -0.2) is 72.8 Å². The molecule has 4 rings (SSSR count). The van der Waals surface area contributed by atoms with Gasteiger partial charge in [0.1, 0.15) is 0 Å². The Balaban J connectivity index is 1.28. The third kappa shape index (κ3) is 5.93. The molecule has 6 nitrogen and oxygen atoms in total. The Kier molecular flexibility index (Phi) is 6.99. The molecular formula is C25H32N4O2. The Hall–Kier alpha value is -2.70. The molecule has 2 aliphatic rings. The van der Waals surface area contributed by atoms with Crippen LogP contribution in [0, 0.1) is 5.92 Å². The zero-order valence-electron chi connectivity index (χ0n) is 18.3. The van der Waals surface area contributed by atoms with Crippen LogP contribution in [0.2, 0.25) is 0 Å². The van der Waals surface area contributed by atoms with Gasteiger partial charge in [-0.1, -0.05) is 42.5 Å². The van der Waals surface area contributed by atoms with Gasteiger partial charge in [0.2, 0.25) is 11.8 Å². The van der Waals surface area contributed by atoms with E-state index in [0.717, 1.165) is 44.8 Å². The van der Waals surface area contributed by atoms with Gasteiger partial charge in [0.05, 0.1) is 5.92 Å². The summed E-state index contributed by atoms with van der Waals surface area (Å²) in [7, 11) is 2.16. The molecule has 0 spiro atoms. The van der Waals surface area contributed by atoms with E-state index in [0.29, 0.717) is 19.5 Å². The number of likely N-dealkylation sites (N-methyl/N-ethyl adjacent to an activating group) is 1. The number of benzene rings is 2. The highest BCUT2D eigenvalue weighted by atomic mass is 16.2. The van der Waals surface area contributed by atoms with Crippen molar-refractivity contribution in [2.24, 2.45) is 5.92 Å². The number of rotatable bonds is 7. The number of carbonyl (C=O) groups is 2. The first-order valence-corrected chi connectivity index (χ1v) is 11.2. The molecule has 2 heterocycles. The Morgan fingerprint density at radius 3 is 2.52 bits per heavy atom. The van der Waals surface area contributed by atoms with Crippen LogP contribution in [0.15, 0.2) is 54.6 Å². The third-order valence-electron chi connectivity index (χ3n) is 6.30. The van der Waals surface area contributed by atoms with Crippen molar-refractivity contribution in [3.05, 3.63) is 65.7 Å². The van der Waals surface area contributed by atoms with Crippen LogP contribution < -0.4 is 5.32 Å². The molecule has 2 fully saturated rings. The second-order valence-corrected chi connectivity index (χ2v) is 8.75. The number of nitrogens with zero attached hydrogens (tertiary/aromatic N) is 3. The van der Waals surface area contributed by atoms with Crippen molar-refractivity contribution in [2.75, 3.05) is 51.6 Å². The molecule has 1 unspecified atom stereocenters. The second-order valence-electron chi connectivity index (χ2n) is 8.75. The molecule has 6 heteroatoms. The number of amides is 2. The molecule has 0 radical (unpaired) electrons. The summed E-state index contributed by atoms with van der Waals surface area (Å²) in [6.45, 7) is 6.37. The molecular weight excluding hydrogens is 388 g/mol. The molecule has 0 aliphatic carbocycles. The maximum absolute atomic E-state index is 12.8. The third-order valence-corrected chi connectivity index (χ3v) is 6.30. The van der Waals surface area contributed by atoms with Crippen molar-refractivity contribution in [3.63, 3.8) is 0 Å². The summed E-state index contributed by atoms with van der Waals surface area (Å²) in [5.74, 6) is -0.281. The molecule has 0 saturated carbocycles. The molecule has 2 amide bonds. The molecule has 2 aliphatic heterocycles. The second kappa shape index (κ2) is 10.1. The smallest absolute Gasteiger partial charge is 0.229 e. The Labute approximate surface area is 184 Å². The molecule has 2 saturated heterocycles. The fourth-order valence-electron chi connectivity index (χ4n) is 4.33. The Morgan fingerprint density at radius 2 is 1.74 bits per heavy atom. The van der Waals surface area contributed by atoms with Crippen molar-refractivity contribution in [2.45, 2.75) is 19.4 Å². The van der Waals surface area contributed by atoms with Gasteiger partial charge in [-0.15, -0.1) is 0 Å². The standard InChI is InChI=1S/C25H32N4O2/c1-27-12-14-28(15-13-27)18-21-8-5-9-23(16-21)26-25(31)22-17-24(30)29(19-22)11-10-20-6-3-2-4-7-20/h2-9,16,22H,10-15,17-19H2,1H3,(H,26,31). The summed E-state index contributed by atoms with van der Waals surface area (Å²) < 4.78 is 0. The average molecular weight is 421 g/mol. The fraction of sp³-hybridized carbons (Fsp3) is 0.440. The van der Waals surface area contributed by atoms with Gasteiger partial charge in [0, 0.05) is 57.9 Å². The van der Waals surface area contributed by atoms with Crippen molar-refractivity contribution in [1.82, 2.24) is 14.7 Å². The minimum atomic E-state index is -0.287. The molecule has 0 aromatic heterocycles. The van der Waals surface area contributed by atoms with Gasteiger partial charge in [-0.05, 0) is 36.7 Å². The monoisotopic (exact) mass is 420 g/mol. The number of anilines is 1. The first-order chi connectivity index (χ1) is 15.1. The van der Waals surface area contributed by atoms with E-state index in [1.54, 1.807) is 0 Å². The molecule has 31 heavy (non-hydrogen) atoms. The highest BCUT2D eigenvalue weighted by molar-refractivity contribution is 5.97. The van der Waals surface area contributed by atoms with Crippen molar-refractivity contribution in [1.29, 1.82) is 0 Å². The van der Waals surface area contributed by atoms with E-state index in [1.165, 1.54) is 11.1 Å². The average Bonchev–Trinajstić information content (AvgIpc) is 3.16. The number of carbonyl (C=O) groups excluding carboxylic acids is 2. The summed E-state index contributed by atoms with van der Waals surface area (Å²) >= 11 is 0. The first kappa shape index (κ1) is 21.5. The molecule has 2 aromatic rings. The van der Waals surface area contributed by atoms with Crippen molar-refractivity contribution in [3.8, 4) is 0 Å². The summed E-state index contributed by atoms with van der Waals surface area (Å²) in [6.07, 6.45) is 1.11. The van der Waals surface area contributed by atoms with Gasteiger partial charge < -0.3 is 15.1 Å². The zero-order valence-corrected chi connectivity index (χ0v) is 18.3. The van der Waals surface area contributed by atoms with E-state index in [1.807, 2.05) is 35.2 Å². The molecule has 0 bridgehead atoms. The van der Waals surface area contributed by atoms with Crippen LogP contribution in [0.3, 0.4) is 0 Å². The van der Waals surface area contributed by atoms with Gasteiger partial charge >= 0.3 is 0 Å². The normalized spacial score (nSPS) is 20.2. The van der Waals surface area contributed by atoms with Gasteiger partial charge in [-0.3, -0.25) is 14.5 Å². The lowest BCUT2D eigenvalue weighted by Crippen LogP contribution is -2.43. The van der Waals surface area contributed by atoms with Gasteiger partial charge in [0.15, 0.2) is 0 Å². The number of nitrogens with one attached hydrogen (secondary N) is 1. The van der Waals surface area contributed by atoms with E-state index in [2.05, 4.69) is 46.4 Å². The molecule has 164 valence electrons. The van der Waals surface area contributed by atoms with E-state index in [4.69, 9.17) is 0 Å². The predicted octanol–water partition coefficient (Wildman–Crippen LogP) is 2.46. The molecule has 1 N–H and O–H groups in total. The maximum atomic E-state index is 12.8. The largest absolute Gasteiger partial charge is 0.342 e. The lowest BCUT2D eigenvalue weighted by molar-refractivity contribution is -0.128. The molecule has 1 atom stereocenters. The van der Waals surface area contributed by atoms with Crippen LogP contribution in [0.5, 0.6) is 0 Å². The summed E-state index contributed by atoms with van der Waals surface area (Å²) in [5, 5.41) is 3.04. The number of hydrogen-bond donors (Lipinski definition) is 1. The van der Waals surface area contributed by atoms with Crippen LogP contribution in [0.25, 0.3) is 0 Å². The van der Waals surface area contributed by atoms with E-state index < -0.39 is 0 Å². The predicted molar refractivity (Wildman–Crippen MR) is 123 cm³/mol. The highest BCUT2D eigenvalue weighted by Gasteiger charge is 2.34. The SMILES string of the molecule is CN1CCN(Cc2cccc(NC(=O)C3CC(=O)N(CCc4ccccc4)C3)c2)CC1. The van der Waals surface area contributed by atoms with Gasteiger partial charge in [-0.25, -0.2) is 0 Å². The lowest BCUT2D eigenvalue weighted by Gasteiger charge is -2.32. The topological polar surface area (TPSA) is 55.9 Å². The van der Waals surface area contributed by atoms with Crippen LogP contribution in [0.4, 0.5) is 5.69 Å². The van der Waals surface area contributed by atoms with Crippen molar-refractivity contribution >= 4 is 17.5 Å². The van der Waals surface area contributed by atoms with Gasteiger partial charge in [0.25, 0.3) is 0 Å².